The molecule has 1 saturated heterocycles. The molecule has 90 valence electrons. The number of rotatable bonds is 3. The summed E-state index contributed by atoms with van der Waals surface area (Å²) in [6.45, 7) is 3.96. The summed E-state index contributed by atoms with van der Waals surface area (Å²) in [5, 5.41) is 6.67. The monoisotopic (exact) mass is 246 g/mol. The summed E-state index contributed by atoms with van der Waals surface area (Å²) in [5.74, 6) is 0.786. The first kappa shape index (κ1) is 11.4. The van der Waals surface area contributed by atoms with Crippen LogP contribution < -0.4 is 10.0 Å². The molecule has 1 aliphatic heterocycles. The van der Waals surface area contributed by atoms with Crippen molar-refractivity contribution < 1.29 is 12.9 Å². The van der Waals surface area contributed by atoms with Crippen LogP contribution in [0, 0.1) is 6.92 Å². The van der Waals surface area contributed by atoms with Gasteiger partial charge in [0.1, 0.15) is 5.76 Å². The van der Waals surface area contributed by atoms with Gasteiger partial charge < -0.3 is 9.84 Å². The predicted molar refractivity (Wildman–Crippen MR) is 58.2 cm³/mol. The lowest BCUT2D eigenvalue weighted by molar-refractivity contribution is 0.362. The van der Waals surface area contributed by atoms with E-state index in [0.29, 0.717) is 31.9 Å². The van der Waals surface area contributed by atoms with Crippen LogP contribution in [0.25, 0.3) is 0 Å². The Morgan fingerprint density at radius 2 is 2.19 bits per heavy atom. The second-order valence-electron chi connectivity index (χ2n) is 3.58. The summed E-state index contributed by atoms with van der Waals surface area (Å²) in [6, 6.07) is 1.54. The first-order chi connectivity index (χ1) is 7.58. The molecule has 2 rings (SSSR count). The van der Waals surface area contributed by atoms with Crippen molar-refractivity contribution in [1.82, 2.24) is 14.8 Å². The van der Waals surface area contributed by atoms with E-state index >= 15 is 0 Å². The van der Waals surface area contributed by atoms with Crippen LogP contribution in [0.2, 0.25) is 0 Å². The van der Waals surface area contributed by atoms with Crippen molar-refractivity contribution in [1.29, 1.82) is 0 Å². The van der Waals surface area contributed by atoms with Gasteiger partial charge in [-0.05, 0) is 6.92 Å². The summed E-state index contributed by atoms with van der Waals surface area (Å²) in [6.07, 6.45) is 0. The number of piperazine rings is 1. The van der Waals surface area contributed by atoms with Gasteiger partial charge in [0.15, 0.2) is 5.82 Å². The lowest BCUT2D eigenvalue weighted by Gasteiger charge is -2.26. The van der Waals surface area contributed by atoms with Crippen LogP contribution in [0.15, 0.2) is 10.6 Å². The number of hydrogen-bond acceptors (Lipinski definition) is 5. The Morgan fingerprint density at radius 1 is 1.50 bits per heavy atom. The van der Waals surface area contributed by atoms with E-state index in [9.17, 15) is 8.42 Å². The van der Waals surface area contributed by atoms with E-state index in [1.807, 2.05) is 0 Å². The zero-order valence-electron chi connectivity index (χ0n) is 8.93. The minimum absolute atomic E-state index is 0.219. The highest BCUT2D eigenvalue weighted by Crippen LogP contribution is 2.11. The SMILES string of the molecule is Cc1cc(NS(=O)(=O)N2CCNCC2)no1. The molecule has 1 aromatic heterocycles. The Kier molecular flexibility index (Phi) is 3.13. The van der Waals surface area contributed by atoms with Crippen LogP contribution in [0.3, 0.4) is 0 Å². The van der Waals surface area contributed by atoms with Gasteiger partial charge in [0.2, 0.25) is 0 Å². The zero-order chi connectivity index (χ0) is 11.6. The normalized spacial score (nSPS) is 18.6. The largest absolute Gasteiger partial charge is 0.360 e. The van der Waals surface area contributed by atoms with E-state index in [2.05, 4.69) is 15.2 Å². The van der Waals surface area contributed by atoms with E-state index in [4.69, 9.17) is 4.52 Å². The molecule has 8 heteroatoms. The molecular formula is C8H14N4O3S. The van der Waals surface area contributed by atoms with Gasteiger partial charge in [-0.15, -0.1) is 0 Å². The molecule has 0 spiro atoms. The number of aryl methyl sites for hydroxylation is 1. The van der Waals surface area contributed by atoms with Crippen molar-refractivity contribution in [3.63, 3.8) is 0 Å². The molecule has 1 aliphatic rings. The zero-order valence-corrected chi connectivity index (χ0v) is 9.75. The molecule has 16 heavy (non-hydrogen) atoms. The van der Waals surface area contributed by atoms with Crippen molar-refractivity contribution in [3.8, 4) is 0 Å². The first-order valence-electron chi connectivity index (χ1n) is 5.00. The summed E-state index contributed by atoms with van der Waals surface area (Å²) in [4.78, 5) is 0. The lowest BCUT2D eigenvalue weighted by atomic mass is 10.4. The van der Waals surface area contributed by atoms with Gasteiger partial charge in [-0.1, -0.05) is 5.16 Å². The molecule has 0 unspecified atom stereocenters. The average molecular weight is 246 g/mol. The molecule has 7 nitrogen and oxygen atoms in total. The van der Waals surface area contributed by atoms with Crippen molar-refractivity contribution in [2.24, 2.45) is 0 Å². The molecule has 0 radical (unpaired) electrons. The Balaban J connectivity index is 2.07. The van der Waals surface area contributed by atoms with Gasteiger partial charge in [0.25, 0.3) is 0 Å². The third-order valence-electron chi connectivity index (χ3n) is 2.28. The molecule has 0 amide bonds. The molecule has 2 N–H and O–H groups in total. The van der Waals surface area contributed by atoms with Crippen LogP contribution >= 0.6 is 0 Å². The van der Waals surface area contributed by atoms with Crippen molar-refractivity contribution in [3.05, 3.63) is 11.8 Å². The number of hydrogen-bond donors (Lipinski definition) is 2. The van der Waals surface area contributed by atoms with Crippen molar-refractivity contribution in [2.45, 2.75) is 6.92 Å². The maximum absolute atomic E-state index is 11.9. The minimum Gasteiger partial charge on any atom is -0.360 e. The van der Waals surface area contributed by atoms with E-state index in [1.54, 1.807) is 13.0 Å². The maximum Gasteiger partial charge on any atom is 0.302 e. The standard InChI is InChI=1S/C8H14N4O3S/c1-7-6-8(10-15-7)11-16(13,14)12-4-2-9-3-5-12/h6,9H,2-5H2,1H3,(H,10,11). The molecule has 0 saturated carbocycles. The molecular weight excluding hydrogens is 232 g/mol. The molecule has 2 heterocycles. The van der Waals surface area contributed by atoms with Crippen LogP contribution in [-0.4, -0.2) is 44.1 Å². The van der Waals surface area contributed by atoms with Crippen molar-refractivity contribution >= 4 is 16.0 Å². The molecule has 1 aromatic rings. The maximum atomic E-state index is 11.9. The van der Waals surface area contributed by atoms with Gasteiger partial charge >= 0.3 is 10.2 Å². The average Bonchev–Trinajstić information content (AvgIpc) is 2.64. The number of nitrogens with zero attached hydrogens (tertiary/aromatic N) is 2. The van der Waals surface area contributed by atoms with Gasteiger partial charge in [-0.3, -0.25) is 4.72 Å². The van der Waals surface area contributed by atoms with Gasteiger partial charge in [0.05, 0.1) is 0 Å². The van der Waals surface area contributed by atoms with Crippen LogP contribution in [0.1, 0.15) is 5.76 Å². The Labute approximate surface area is 94.0 Å². The third-order valence-corrected chi connectivity index (χ3v) is 3.79. The van der Waals surface area contributed by atoms with Crippen molar-refractivity contribution in [2.75, 3.05) is 30.9 Å². The Morgan fingerprint density at radius 3 is 2.75 bits per heavy atom. The van der Waals surface area contributed by atoms with E-state index in [1.165, 1.54) is 4.31 Å². The van der Waals surface area contributed by atoms with E-state index in [-0.39, 0.29) is 5.82 Å². The highest BCUT2D eigenvalue weighted by atomic mass is 32.2. The third kappa shape index (κ3) is 2.52. The number of aromatic nitrogens is 1. The Bertz CT molecular complexity index is 450. The fourth-order valence-electron chi connectivity index (χ4n) is 1.50. The highest BCUT2D eigenvalue weighted by Gasteiger charge is 2.24. The molecule has 0 atom stereocenters. The fourth-order valence-corrected chi connectivity index (χ4v) is 2.65. The number of nitrogens with one attached hydrogen (secondary N) is 2. The first-order valence-corrected chi connectivity index (χ1v) is 6.44. The summed E-state index contributed by atoms with van der Waals surface area (Å²) < 4.78 is 32.3. The second-order valence-corrected chi connectivity index (χ2v) is 5.25. The van der Waals surface area contributed by atoms with Gasteiger partial charge in [0, 0.05) is 32.2 Å². The smallest absolute Gasteiger partial charge is 0.302 e. The molecule has 0 aliphatic carbocycles. The van der Waals surface area contributed by atoms with Gasteiger partial charge in [-0.25, -0.2) is 0 Å². The van der Waals surface area contributed by atoms with E-state index in [0.717, 1.165) is 0 Å². The second kappa shape index (κ2) is 4.40. The Hall–Kier alpha value is -1.12. The van der Waals surface area contributed by atoms with Crippen LogP contribution in [0.4, 0.5) is 5.82 Å². The van der Waals surface area contributed by atoms with Gasteiger partial charge in [-0.2, -0.15) is 12.7 Å². The lowest BCUT2D eigenvalue weighted by Crippen LogP contribution is -2.48. The topological polar surface area (TPSA) is 87.5 Å². The van der Waals surface area contributed by atoms with E-state index < -0.39 is 10.2 Å². The highest BCUT2D eigenvalue weighted by molar-refractivity contribution is 7.90. The molecule has 0 aromatic carbocycles. The number of anilines is 1. The fraction of sp³-hybridized carbons (Fsp3) is 0.625. The molecule has 1 fully saturated rings. The predicted octanol–water partition coefficient (Wildman–Crippen LogP) is -0.455. The minimum atomic E-state index is -3.50. The molecule has 0 bridgehead atoms. The van der Waals surface area contributed by atoms with Crippen LogP contribution in [-0.2, 0) is 10.2 Å². The van der Waals surface area contributed by atoms with Crippen LogP contribution in [0.5, 0.6) is 0 Å². The summed E-state index contributed by atoms with van der Waals surface area (Å²) in [5.41, 5.74) is 0. The summed E-state index contributed by atoms with van der Waals surface area (Å²) in [7, 11) is -3.50. The summed E-state index contributed by atoms with van der Waals surface area (Å²) >= 11 is 0. The quantitative estimate of drug-likeness (QED) is 0.754.